The summed E-state index contributed by atoms with van der Waals surface area (Å²) in [6.07, 6.45) is 0.780. The number of carboxylic acid groups (broad SMARTS) is 1. The predicted molar refractivity (Wildman–Crippen MR) is 80.5 cm³/mol. The summed E-state index contributed by atoms with van der Waals surface area (Å²) in [7, 11) is 0. The van der Waals surface area contributed by atoms with Crippen molar-refractivity contribution < 1.29 is 19.2 Å². The van der Waals surface area contributed by atoms with E-state index in [9.17, 15) is 9.59 Å². The van der Waals surface area contributed by atoms with Gasteiger partial charge in [-0.1, -0.05) is 42.4 Å². The number of carbonyl (C=O) groups is 2. The average Bonchev–Trinajstić information content (AvgIpc) is 3.24. The first-order valence-corrected chi connectivity index (χ1v) is 7.43. The lowest BCUT2D eigenvalue weighted by molar-refractivity contribution is -0.149. The molecule has 120 valence electrons. The third-order valence-electron chi connectivity index (χ3n) is 4.06. The zero-order chi connectivity index (χ0) is 16.4. The highest BCUT2D eigenvalue weighted by Gasteiger charge is 2.57. The van der Waals surface area contributed by atoms with Gasteiger partial charge in [0.05, 0.1) is 5.92 Å². The van der Waals surface area contributed by atoms with E-state index in [0.717, 1.165) is 5.56 Å². The first-order chi connectivity index (χ1) is 11.0. The molecule has 3 rings (SSSR count). The normalized spacial score (nSPS) is 16.6. The van der Waals surface area contributed by atoms with Gasteiger partial charge in [0.1, 0.15) is 5.41 Å². The van der Waals surface area contributed by atoms with Crippen LogP contribution in [0.2, 0.25) is 0 Å². The van der Waals surface area contributed by atoms with E-state index >= 15 is 0 Å². The summed E-state index contributed by atoms with van der Waals surface area (Å²) in [4.78, 5) is 27.4. The lowest BCUT2D eigenvalue weighted by Gasteiger charge is -2.12. The van der Waals surface area contributed by atoms with Crippen molar-refractivity contribution >= 4 is 11.9 Å². The van der Waals surface area contributed by atoms with E-state index in [4.69, 9.17) is 9.63 Å². The number of nitrogens with one attached hydrogen (secondary N) is 1. The summed E-state index contributed by atoms with van der Waals surface area (Å²) >= 11 is 0. The molecule has 23 heavy (non-hydrogen) atoms. The van der Waals surface area contributed by atoms with E-state index in [2.05, 4.69) is 15.5 Å². The third-order valence-corrected chi connectivity index (χ3v) is 4.06. The number of aliphatic carboxylic acids is 1. The Balaban J connectivity index is 1.61. The molecule has 0 saturated heterocycles. The van der Waals surface area contributed by atoms with Crippen molar-refractivity contribution in [3.05, 3.63) is 36.2 Å². The number of hydrogen-bond acceptors (Lipinski definition) is 5. The summed E-state index contributed by atoms with van der Waals surface area (Å²) in [6, 6.07) is 9.43. The van der Waals surface area contributed by atoms with Gasteiger partial charge in [-0.2, -0.15) is 4.98 Å². The Morgan fingerprint density at radius 3 is 2.65 bits per heavy atom. The SMILES string of the molecule is CC(CNC(=O)C1(C(=O)O)CC1)c1nc(-c2ccccc2)no1. The molecule has 1 heterocycles. The predicted octanol–water partition coefficient (Wildman–Crippen LogP) is 1.82. The molecule has 2 N–H and O–H groups in total. The molecule has 1 atom stereocenters. The molecule has 1 saturated carbocycles. The van der Waals surface area contributed by atoms with Crippen LogP contribution < -0.4 is 5.32 Å². The second-order valence-electron chi connectivity index (χ2n) is 5.82. The molecule has 0 spiro atoms. The van der Waals surface area contributed by atoms with Gasteiger partial charge >= 0.3 is 5.97 Å². The fraction of sp³-hybridized carbons (Fsp3) is 0.375. The van der Waals surface area contributed by atoms with Crippen molar-refractivity contribution in [1.29, 1.82) is 0 Å². The van der Waals surface area contributed by atoms with E-state index in [-0.39, 0.29) is 12.5 Å². The molecule has 7 heteroatoms. The van der Waals surface area contributed by atoms with Crippen LogP contribution in [-0.2, 0) is 9.59 Å². The largest absolute Gasteiger partial charge is 0.480 e. The second-order valence-corrected chi connectivity index (χ2v) is 5.82. The molecule has 2 aromatic rings. The lowest BCUT2D eigenvalue weighted by atomic mass is 10.1. The van der Waals surface area contributed by atoms with Gasteiger partial charge in [0, 0.05) is 12.1 Å². The molecule has 0 bridgehead atoms. The highest BCUT2D eigenvalue weighted by atomic mass is 16.5. The number of nitrogens with zero attached hydrogens (tertiary/aromatic N) is 2. The van der Waals surface area contributed by atoms with Crippen LogP contribution in [0.1, 0.15) is 31.6 Å². The molecular weight excluding hydrogens is 298 g/mol. The van der Waals surface area contributed by atoms with Crippen molar-refractivity contribution in [2.75, 3.05) is 6.54 Å². The Morgan fingerprint density at radius 2 is 2.04 bits per heavy atom. The average molecular weight is 315 g/mol. The molecular formula is C16H17N3O4. The Labute approximate surface area is 132 Å². The number of carbonyl (C=O) groups excluding carboxylic acids is 1. The summed E-state index contributed by atoms with van der Waals surface area (Å²) in [5.74, 6) is -0.813. The van der Waals surface area contributed by atoms with E-state index < -0.39 is 17.3 Å². The van der Waals surface area contributed by atoms with Gasteiger partial charge in [0.15, 0.2) is 0 Å². The van der Waals surface area contributed by atoms with Gasteiger partial charge < -0.3 is 14.9 Å². The quantitative estimate of drug-likeness (QED) is 0.788. The van der Waals surface area contributed by atoms with E-state index in [1.807, 2.05) is 37.3 Å². The van der Waals surface area contributed by atoms with Crippen LogP contribution in [-0.4, -0.2) is 33.7 Å². The number of aromatic nitrogens is 2. The van der Waals surface area contributed by atoms with Gasteiger partial charge in [-0.3, -0.25) is 9.59 Å². The molecule has 0 radical (unpaired) electrons. The van der Waals surface area contributed by atoms with E-state index in [0.29, 0.717) is 24.6 Å². The van der Waals surface area contributed by atoms with Crippen LogP contribution in [0, 0.1) is 5.41 Å². The Hall–Kier alpha value is -2.70. The topological polar surface area (TPSA) is 105 Å². The van der Waals surface area contributed by atoms with Crippen LogP contribution >= 0.6 is 0 Å². The minimum absolute atomic E-state index is 0.200. The van der Waals surface area contributed by atoms with Crippen molar-refractivity contribution in [2.45, 2.75) is 25.7 Å². The summed E-state index contributed by atoms with van der Waals surface area (Å²) in [5, 5.41) is 15.7. The van der Waals surface area contributed by atoms with Gasteiger partial charge in [-0.15, -0.1) is 0 Å². The number of benzene rings is 1. The van der Waals surface area contributed by atoms with E-state index in [1.54, 1.807) is 0 Å². The van der Waals surface area contributed by atoms with Crippen LogP contribution in [0.5, 0.6) is 0 Å². The van der Waals surface area contributed by atoms with Crippen LogP contribution in [0.4, 0.5) is 0 Å². The summed E-state index contributed by atoms with van der Waals surface area (Å²) in [6.45, 7) is 2.09. The minimum atomic E-state index is -1.23. The first-order valence-electron chi connectivity index (χ1n) is 7.43. The Bertz CT molecular complexity index is 722. The van der Waals surface area contributed by atoms with Gasteiger partial charge in [0.25, 0.3) is 0 Å². The first kappa shape index (κ1) is 15.2. The highest BCUT2D eigenvalue weighted by molar-refractivity contribution is 6.04. The molecule has 1 aromatic heterocycles. The van der Waals surface area contributed by atoms with Crippen molar-refractivity contribution in [1.82, 2.24) is 15.5 Å². The third kappa shape index (κ3) is 2.94. The molecule has 1 unspecified atom stereocenters. The fourth-order valence-corrected chi connectivity index (χ4v) is 2.31. The maximum Gasteiger partial charge on any atom is 0.319 e. The molecule has 1 amide bonds. The van der Waals surface area contributed by atoms with Crippen LogP contribution in [0.15, 0.2) is 34.9 Å². The lowest BCUT2D eigenvalue weighted by Crippen LogP contribution is -2.38. The maximum absolute atomic E-state index is 12.0. The summed E-state index contributed by atoms with van der Waals surface area (Å²) in [5.41, 5.74) is -0.384. The highest BCUT2D eigenvalue weighted by Crippen LogP contribution is 2.46. The molecule has 1 aromatic carbocycles. The van der Waals surface area contributed by atoms with Crippen molar-refractivity contribution in [2.24, 2.45) is 5.41 Å². The number of hydrogen-bond donors (Lipinski definition) is 2. The number of carboxylic acids is 1. The Morgan fingerprint density at radius 1 is 1.35 bits per heavy atom. The number of amides is 1. The molecule has 0 aliphatic heterocycles. The molecule has 1 aliphatic rings. The Kier molecular flexibility index (Phi) is 3.85. The monoisotopic (exact) mass is 315 g/mol. The zero-order valence-corrected chi connectivity index (χ0v) is 12.7. The molecule has 7 nitrogen and oxygen atoms in total. The van der Waals surface area contributed by atoms with E-state index in [1.165, 1.54) is 0 Å². The van der Waals surface area contributed by atoms with Crippen LogP contribution in [0.3, 0.4) is 0 Å². The number of rotatable bonds is 6. The standard InChI is InChI=1S/C16H17N3O4/c1-10(9-17-14(20)16(7-8-16)15(21)22)13-18-12(19-23-13)11-5-3-2-4-6-11/h2-6,10H,7-9H2,1H3,(H,17,20)(H,21,22). The molecule has 1 fully saturated rings. The smallest absolute Gasteiger partial charge is 0.319 e. The zero-order valence-electron chi connectivity index (χ0n) is 12.7. The van der Waals surface area contributed by atoms with Gasteiger partial charge in [-0.05, 0) is 12.8 Å². The van der Waals surface area contributed by atoms with Crippen molar-refractivity contribution in [3.8, 4) is 11.4 Å². The van der Waals surface area contributed by atoms with Gasteiger partial charge in [0.2, 0.25) is 17.6 Å². The van der Waals surface area contributed by atoms with Gasteiger partial charge in [-0.25, -0.2) is 0 Å². The second kappa shape index (κ2) is 5.83. The maximum atomic E-state index is 12.0. The summed E-state index contributed by atoms with van der Waals surface area (Å²) < 4.78 is 5.23. The van der Waals surface area contributed by atoms with Crippen LogP contribution in [0.25, 0.3) is 11.4 Å². The van der Waals surface area contributed by atoms with Crippen molar-refractivity contribution in [3.63, 3.8) is 0 Å². The fourth-order valence-electron chi connectivity index (χ4n) is 2.31. The minimum Gasteiger partial charge on any atom is -0.480 e. The molecule has 1 aliphatic carbocycles.